The highest BCUT2D eigenvalue weighted by atomic mass is 32.2. The predicted molar refractivity (Wildman–Crippen MR) is 151 cm³/mol. The summed E-state index contributed by atoms with van der Waals surface area (Å²) < 4.78 is 13.9. The number of ether oxygens (including phenoxy) is 1. The molecule has 3 fully saturated rings. The third-order valence-corrected chi connectivity index (χ3v) is 9.28. The third-order valence-electron chi connectivity index (χ3n) is 7.95. The highest BCUT2D eigenvalue weighted by Crippen LogP contribution is 2.49. The number of benzene rings is 1. The van der Waals surface area contributed by atoms with E-state index < -0.39 is 0 Å². The number of rotatable bonds is 9. The van der Waals surface area contributed by atoms with Gasteiger partial charge < -0.3 is 19.4 Å². The molecule has 2 N–H and O–H groups in total. The zero-order valence-electron chi connectivity index (χ0n) is 21.6. The molecule has 6 rings (SSSR count). The van der Waals surface area contributed by atoms with Gasteiger partial charge in [-0.25, -0.2) is 0 Å². The Morgan fingerprint density at radius 3 is 2.85 bits per heavy atom. The van der Waals surface area contributed by atoms with E-state index in [0.717, 1.165) is 18.4 Å². The number of amides is 1. The number of phenolic OH excluding ortho intramolecular Hbond substituents is 1. The number of hydrogen-bond acceptors (Lipinski definition) is 9. The molecule has 39 heavy (non-hydrogen) atoms. The monoisotopic (exact) mass is 566 g/mol. The fraction of sp³-hybridized carbons (Fsp3) is 0.429. The first-order valence-corrected chi connectivity index (χ1v) is 14.4. The van der Waals surface area contributed by atoms with Gasteiger partial charge in [-0.1, -0.05) is 35.6 Å². The molecule has 1 amide bonds. The Labute approximate surface area is 235 Å². The van der Waals surface area contributed by atoms with Crippen molar-refractivity contribution in [1.82, 2.24) is 19.9 Å². The molecule has 3 aromatic rings. The topological polar surface area (TPSA) is 114 Å². The Morgan fingerprint density at radius 1 is 1.26 bits per heavy atom. The Kier molecular flexibility index (Phi) is 7.22. The highest BCUT2D eigenvalue weighted by molar-refractivity contribution is 8.26. The summed E-state index contributed by atoms with van der Waals surface area (Å²) in [7, 11) is 1.54. The number of hydrogen-bond donors (Lipinski definition) is 2. The van der Waals surface area contributed by atoms with Crippen molar-refractivity contribution in [2.24, 2.45) is 11.8 Å². The Hall–Kier alpha value is -3.15. The summed E-state index contributed by atoms with van der Waals surface area (Å²) >= 11 is 7.02. The molecule has 9 nitrogen and oxygen atoms in total. The van der Waals surface area contributed by atoms with Crippen LogP contribution < -0.4 is 4.74 Å². The third kappa shape index (κ3) is 5.22. The molecule has 3 aliphatic rings. The molecule has 11 heteroatoms. The Bertz CT molecular complexity index is 1450. The molecule has 1 aromatic carbocycles. The molecule has 1 aliphatic heterocycles. The maximum atomic E-state index is 13.5. The number of carbonyl (C=O) groups excluding carboxylic acids is 1. The van der Waals surface area contributed by atoms with Crippen LogP contribution in [0.2, 0.25) is 0 Å². The molecule has 204 valence electrons. The predicted octanol–water partition coefficient (Wildman–Crippen LogP) is 4.77. The van der Waals surface area contributed by atoms with Crippen LogP contribution >= 0.6 is 24.0 Å². The van der Waals surface area contributed by atoms with Crippen LogP contribution in [0.3, 0.4) is 0 Å². The first kappa shape index (κ1) is 26.1. The van der Waals surface area contributed by atoms with Gasteiger partial charge in [0.05, 0.1) is 24.8 Å². The van der Waals surface area contributed by atoms with Gasteiger partial charge in [-0.2, -0.15) is 0 Å². The fourth-order valence-corrected chi connectivity index (χ4v) is 7.45. The number of aliphatic hydroxyl groups is 1. The van der Waals surface area contributed by atoms with E-state index in [1.54, 1.807) is 30.1 Å². The number of aliphatic hydroxyl groups excluding tert-OH is 1. The van der Waals surface area contributed by atoms with Gasteiger partial charge >= 0.3 is 0 Å². The molecular formula is C28H30N4O5S2. The second kappa shape index (κ2) is 10.8. The number of aromatic nitrogens is 3. The van der Waals surface area contributed by atoms with Crippen molar-refractivity contribution >= 4 is 40.3 Å². The number of thiocarbonyl (C=S) groups is 1. The summed E-state index contributed by atoms with van der Waals surface area (Å²) in [6.07, 6.45) is 9.62. The molecule has 3 atom stereocenters. The van der Waals surface area contributed by atoms with Crippen molar-refractivity contribution in [3.05, 3.63) is 52.4 Å². The average molecular weight is 567 g/mol. The van der Waals surface area contributed by atoms with Crippen molar-refractivity contribution in [3.8, 4) is 22.8 Å². The number of fused-ring (bicyclic) bond motifs is 2. The van der Waals surface area contributed by atoms with Gasteiger partial charge in [-0.3, -0.25) is 14.4 Å². The van der Waals surface area contributed by atoms with Crippen LogP contribution in [-0.2, 0) is 24.4 Å². The first-order chi connectivity index (χ1) is 18.9. The van der Waals surface area contributed by atoms with Crippen LogP contribution in [-0.4, -0.2) is 53.5 Å². The van der Waals surface area contributed by atoms with E-state index in [-0.39, 0.29) is 24.3 Å². The minimum Gasteiger partial charge on any atom is -0.508 e. The lowest BCUT2D eigenvalue weighted by atomic mass is 9.94. The minimum atomic E-state index is -0.150. The number of methoxy groups -OCH3 is 1. The summed E-state index contributed by atoms with van der Waals surface area (Å²) in [5.74, 6) is 2.97. The van der Waals surface area contributed by atoms with Crippen molar-refractivity contribution in [1.29, 1.82) is 0 Å². The number of nitrogens with zero attached hydrogens (tertiary/aromatic N) is 4. The smallest absolute Gasteiger partial charge is 0.266 e. The molecule has 2 aromatic heterocycles. The normalized spacial score (nSPS) is 23.5. The molecule has 2 saturated carbocycles. The van der Waals surface area contributed by atoms with Gasteiger partial charge in [-0.15, -0.1) is 5.10 Å². The van der Waals surface area contributed by atoms with E-state index in [0.29, 0.717) is 62.6 Å². The number of aromatic hydroxyl groups is 1. The second-order valence-electron chi connectivity index (χ2n) is 10.4. The lowest BCUT2D eigenvalue weighted by molar-refractivity contribution is -0.124. The molecule has 0 radical (unpaired) electrons. The van der Waals surface area contributed by atoms with Crippen molar-refractivity contribution < 1.29 is 24.2 Å². The number of aryl methyl sites for hydroxylation is 2. The molecule has 3 heterocycles. The lowest BCUT2D eigenvalue weighted by Gasteiger charge is -2.30. The summed E-state index contributed by atoms with van der Waals surface area (Å²) in [5, 5.41) is 27.4. The number of phenols is 1. The quantitative estimate of drug-likeness (QED) is 0.279. The Morgan fingerprint density at radius 2 is 2.13 bits per heavy atom. The number of carbonyl (C=O) groups is 1. The van der Waals surface area contributed by atoms with Crippen LogP contribution in [0.4, 0.5) is 0 Å². The van der Waals surface area contributed by atoms with Gasteiger partial charge in [-0.05, 0) is 67.7 Å². The lowest BCUT2D eigenvalue weighted by Crippen LogP contribution is -2.41. The van der Waals surface area contributed by atoms with Gasteiger partial charge in [0, 0.05) is 30.3 Å². The van der Waals surface area contributed by atoms with E-state index in [2.05, 4.69) is 10.3 Å². The molecular weight excluding hydrogens is 536 g/mol. The zero-order chi connectivity index (χ0) is 27.1. The average Bonchev–Trinajstić information content (AvgIpc) is 3.75. The molecule has 1 saturated heterocycles. The second-order valence-corrected chi connectivity index (χ2v) is 12.1. The largest absolute Gasteiger partial charge is 0.508 e. The van der Waals surface area contributed by atoms with Crippen LogP contribution in [0, 0.1) is 11.8 Å². The fourth-order valence-electron chi connectivity index (χ4n) is 6.11. The molecule has 2 aliphatic carbocycles. The van der Waals surface area contributed by atoms with E-state index in [9.17, 15) is 15.0 Å². The van der Waals surface area contributed by atoms with Crippen molar-refractivity contribution in [2.45, 2.75) is 57.7 Å². The van der Waals surface area contributed by atoms with E-state index in [1.807, 2.05) is 17.0 Å². The van der Waals surface area contributed by atoms with Gasteiger partial charge in [0.1, 0.15) is 33.0 Å². The van der Waals surface area contributed by atoms with Crippen LogP contribution in [0.25, 0.3) is 17.4 Å². The highest BCUT2D eigenvalue weighted by Gasteiger charge is 2.48. The van der Waals surface area contributed by atoms with Crippen LogP contribution in [0.5, 0.6) is 11.5 Å². The molecule has 3 unspecified atom stereocenters. The molecule has 2 bridgehead atoms. The van der Waals surface area contributed by atoms with Gasteiger partial charge in [0.25, 0.3) is 5.91 Å². The number of thioether (sulfide) groups is 1. The standard InChI is InChI=1S/C28H30N4O5S2/c1-36-22-10-19(9-21(34)12-22)24-11-18(3-2-6-31-14-20(15-33)29-30-31)25(37-24)13-26-27(35)32(28(38)39-26)23-8-16-4-5-17(23)7-16/h9-14,16-17,23,33-34H,2-8,15H2,1H3. The summed E-state index contributed by atoms with van der Waals surface area (Å²) in [6, 6.07) is 7.10. The van der Waals surface area contributed by atoms with Crippen LogP contribution in [0.1, 0.15) is 49.1 Å². The SMILES string of the molecule is COc1cc(O)cc(-c2cc(CCCn3cc(CO)nn3)c(C=C3SC(=S)N(C4CC5CCC4C5)C3=O)o2)c1. The minimum absolute atomic E-state index is 0.0374. The first-order valence-electron chi connectivity index (χ1n) is 13.2. The Balaban J connectivity index is 1.28. The summed E-state index contributed by atoms with van der Waals surface area (Å²) in [4.78, 5) is 16.0. The zero-order valence-corrected chi connectivity index (χ0v) is 23.2. The number of furan rings is 1. The van der Waals surface area contributed by atoms with E-state index >= 15 is 0 Å². The summed E-state index contributed by atoms with van der Waals surface area (Å²) in [6.45, 7) is 0.461. The maximum absolute atomic E-state index is 13.5. The maximum Gasteiger partial charge on any atom is 0.266 e. The van der Waals surface area contributed by atoms with Gasteiger partial charge in [0.15, 0.2) is 0 Å². The van der Waals surface area contributed by atoms with Gasteiger partial charge in [0.2, 0.25) is 0 Å². The van der Waals surface area contributed by atoms with Crippen molar-refractivity contribution in [3.63, 3.8) is 0 Å². The summed E-state index contributed by atoms with van der Waals surface area (Å²) in [5.41, 5.74) is 2.13. The van der Waals surface area contributed by atoms with E-state index in [1.165, 1.54) is 37.1 Å². The molecule has 0 spiro atoms. The van der Waals surface area contributed by atoms with Crippen LogP contribution in [0.15, 0.2) is 39.8 Å². The van der Waals surface area contributed by atoms with Crippen molar-refractivity contribution in [2.75, 3.05) is 7.11 Å². The van der Waals surface area contributed by atoms with E-state index in [4.69, 9.17) is 21.4 Å².